The Morgan fingerprint density at radius 2 is 1.86 bits per heavy atom. The normalized spacial score (nSPS) is 11.8. The number of aryl methyl sites for hydroxylation is 1. The minimum atomic E-state index is -0.343. The number of rotatable bonds is 4. The molecule has 1 amide bonds. The van der Waals surface area contributed by atoms with E-state index in [1.807, 2.05) is 32.0 Å². The molecule has 0 saturated heterocycles. The van der Waals surface area contributed by atoms with Crippen molar-refractivity contribution in [2.45, 2.75) is 26.8 Å². The van der Waals surface area contributed by atoms with Gasteiger partial charge in [-0.2, -0.15) is 0 Å². The predicted octanol–water partition coefficient (Wildman–Crippen LogP) is 4.40. The summed E-state index contributed by atoms with van der Waals surface area (Å²) < 4.78 is 0. The minimum absolute atomic E-state index is 0.0989. The van der Waals surface area contributed by atoms with Crippen LogP contribution in [0.3, 0.4) is 0 Å². The second-order valence-corrected chi connectivity index (χ2v) is 5.55. The Hall–Kier alpha value is -2.00. The van der Waals surface area contributed by atoms with Crippen molar-refractivity contribution >= 4 is 28.9 Å². The summed E-state index contributed by atoms with van der Waals surface area (Å²) in [4.78, 5) is 12.2. The highest BCUT2D eigenvalue weighted by molar-refractivity contribution is 6.30. The molecule has 0 radical (unpaired) electrons. The quantitative estimate of drug-likeness (QED) is 0.879. The highest BCUT2D eigenvalue weighted by Gasteiger charge is 2.14. The zero-order valence-corrected chi connectivity index (χ0v) is 13.2. The Labute approximate surface area is 130 Å². The number of nitrogens with one attached hydrogen (secondary N) is 2. The summed E-state index contributed by atoms with van der Waals surface area (Å²) in [5, 5.41) is 6.69. The molecular weight excluding hydrogens is 284 g/mol. The van der Waals surface area contributed by atoms with Gasteiger partial charge in [-0.15, -0.1) is 0 Å². The van der Waals surface area contributed by atoms with Gasteiger partial charge in [-0.05, 0) is 56.2 Å². The van der Waals surface area contributed by atoms with Crippen molar-refractivity contribution in [3.63, 3.8) is 0 Å². The van der Waals surface area contributed by atoms with Crippen LogP contribution in [0.5, 0.6) is 0 Å². The third-order valence-electron chi connectivity index (χ3n) is 3.46. The Morgan fingerprint density at radius 1 is 1.14 bits per heavy atom. The van der Waals surface area contributed by atoms with Crippen molar-refractivity contribution in [1.82, 2.24) is 0 Å². The fourth-order valence-corrected chi connectivity index (χ4v) is 2.21. The van der Waals surface area contributed by atoms with Crippen molar-refractivity contribution in [2.75, 3.05) is 10.6 Å². The molecule has 0 aliphatic rings. The fourth-order valence-electron chi connectivity index (χ4n) is 2.02. The molecule has 4 heteroatoms. The molecule has 0 aliphatic heterocycles. The van der Waals surface area contributed by atoms with E-state index >= 15 is 0 Å². The van der Waals surface area contributed by atoms with Crippen LogP contribution in [0.25, 0.3) is 0 Å². The van der Waals surface area contributed by atoms with E-state index in [1.165, 1.54) is 5.56 Å². The maximum absolute atomic E-state index is 12.2. The lowest BCUT2D eigenvalue weighted by atomic mass is 10.1. The summed E-state index contributed by atoms with van der Waals surface area (Å²) in [6, 6.07) is 12.8. The molecule has 0 aliphatic carbocycles. The van der Waals surface area contributed by atoms with E-state index in [-0.39, 0.29) is 11.9 Å². The molecule has 2 aromatic carbocycles. The molecule has 2 rings (SSSR count). The van der Waals surface area contributed by atoms with Gasteiger partial charge in [0.25, 0.3) is 0 Å². The van der Waals surface area contributed by atoms with Gasteiger partial charge in [-0.25, -0.2) is 0 Å². The van der Waals surface area contributed by atoms with Crippen LogP contribution in [0.4, 0.5) is 11.4 Å². The lowest BCUT2D eigenvalue weighted by molar-refractivity contribution is -0.116. The highest BCUT2D eigenvalue weighted by Crippen LogP contribution is 2.19. The smallest absolute Gasteiger partial charge is 0.246 e. The summed E-state index contributed by atoms with van der Waals surface area (Å²) in [5.41, 5.74) is 4.02. The molecular formula is C17H19ClN2O. The number of carbonyl (C=O) groups excluding carboxylic acids is 1. The molecule has 0 spiro atoms. The van der Waals surface area contributed by atoms with Gasteiger partial charge >= 0.3 is 0 Å². The van der Waals surface area contributed by atoms with Gasteiger partial charge in [0.05, 0.1) is 0 Å². The zero-order chi connectivity index (χ0) is 15.4. The predicted molar refractivity (Wildman–Crippen MR) is 89.1 cm³/mol. The van der Waals surface area contributed by atoms with E-state index < -0.39 is 0 Å². The zero-order valence-electron chi connectivity index (χ0n) is 12.4. The maximum atomic E-state index is 12.2. The number of hydrogen-bond acceptors (Lipinski definition) is 2. The highest BCUT2D eigenvalue weighted by atomic mass is 35.5. The Balaban J connectivity index is 2.04. The van der Waals surface area contributed by atoms with Crippen molar-refractivity contribution in [3.05, 3.63) is 58.6 Å². The van der Waals surface area contributed by atoms with E-state index in [0.29, 0.717) is 10.7 Å². The minimum Gasteiger partial charge on any atom is -0.374 e. The Bertz CT molecular complexity index is 655. The van der Waals surface area contributed by atoms with Gasteiger partial charge in [-0.3, -0.25) is 4.79 Å². The fraction of sp³-hybridized carbons (Fsp3) is 0.235. The first kappa shape index (κ1) is 15.4. The van der Waals surface area contributed by atoms with E-state index in [0.717, 1.165) is 11.3 Å². The molecule has 0 aromatic heterocycles. The topological polar surface area (TPSA) is 41.1 Å². The van der Waals surface area contributed by atoms with Crippen LogP contribution in [0, 0.1) is 13.8 Å². The third-order valence-corrected chi connectivity index (χ3v) is 3.70. The van der Waals surface area contributed by atoms with Gasteiger partial charge in [-0.1, -0.05) is 29.8 Å². The van der Waals surface area contributed by atoms with Crippen LogP contribution in [0.1, 0.15) is 18.1 Å². The van der Waals surface area contributed by atoms with Gasteiger partial charge < -0.3 is 10.6 Å². The number of anilines is 2. The number of hydrogen-bond donors (Lipinski definition) is 2. The maximum Gasteiger partial charge on any atom is 0.246 e. The first-order valence-electron chi connectivity index (χ1n) is 6.86. The van der Waals surface area contributed by atoms with Gasteiger partial charge in [0.2, 0.25) is 5.91 Å². The molecule has 0 bridgehead atoms. The average Bonchev–Trinajstić information content (AvgIpc) is 2.44. The molecule has 110 valence electrons. The van der Waals surface area contributed by atoms with Crippen LogP contribution in [-0.4, -0.2) is 11.9 Å². The van der Waals surface area contributed by atoms with Crippen LogP contribution < -0.4 is 10.6 Å². The van der Waals surface area contributed by atoms with Crippen molar-refractivity contribution < 1.29 is 4.79 Å². The van der Waals surface area contributed by atoms with E-state index in [9.17, 15) is 4.79 Å². The van der Waals surface area contributed by atoms with Crippen LogP contribution in [-0.2, 0) is 4.79 Å². The summed E-state index contributed by atoms with van der Waals surface area (Å²) in [6.07, 6.45) is 0. The van der Waals surface area contributed by atoms with Gasteiger partial charge in [0, 0.05) is 16.4 Å². The summed E-state index contributed by atoms with van der Waals surface area (Å²) in [6.45, 7) is 5.93. The van der Waals surface area contributed by atoms with Gasteiger partial charge in [0.15, 0.2) is 0 Å². The number of benzene rings is 2. The summed E-state index contributed by atoms with van der Waals surface area (Å²) >= 11 is 5.91. The van der Waals surface area contributed by atoms with Crippen LogP contribution in [0.15, 0.2) is 42.5 Å². The molecule has 21 heavy (non-hydrogen) atoms. The lowest BCUT2D eigenvalue weighted by Gasteiger charge is -2.18. The lowest BCUT2D eigenvalue weighted by Crippen LogP contribution is -2.32. The Morgan fingerprint density at radius 3 is 2.57 bits per heavy atom. The molecule has 0 unspecified atom stereocenters. The van der Waals surface area contributed by atoms with Crippen molar-refractivity contribution in [2.24, 2.45) is 0 Å². The number of carbonyl (C=O) groups is 1. The van der Waals surface area contributed by atoms with Crippen LogP contribution in [0.2, 0.25) is 5.02 Å². The molecule has 0 saturated carbocycles. The van der Waals surface area contributed by atoms with E-state index in [2.05, 4.69) is 23.6 Å². The second kappa shape index (κ2) is 6.64. The van der Waals surface area contributed by atoms with Crippen LogP contribution >= 0.6 is 11.6 Å². The first-order valence-corrected chi connectivity index (χ1v) is 7.24. The average molecular weight is 303 g/mol. The molecule has 0 fully saturated rings. The molecule has 2 N–H and O–H groups in total. The van der Waals surface area contributed by atoms with Crippen molar-refractivity contribution in [1.29, 1.82) is 0 Å². The van der Waals surface area contributed by atoms with E-state index in [1.54, 1.807) is 18.2 Å². The number of amides is 1. The standard InChI is InChI=1S/C17H19ClN2O/c1-11-6-4-9-16(12(11)2)19-13(3)17(21)20-15-8-5-7-14(18)10-15/h4-10,13,19H,1-3H3,(H,20,21)/t13-/m0/s1. The number of halogens is 1. The monoisotopic (exact) mass is 302 g/mol. The molecule has 2 aromatic rings. The summed E-state index contributed by atoms with van der Waals surface area (Å²) in [5.74, 6) is -0.0989. The van der Waals surface area contributed by atoms with E-state index in [4.69, 9.17) is 11.6 Å². The molecule has 3 nitrogen and oxygen atoms in total. The molecule has 0 heterocycles. The molecule has 1 atom stereocenters. The third kappa shape index (κ3) is 3.99. The van der Waals surface area contributed by atoms with Gasteiger partial charge in [0.1, 0.15) is 6.04 Å². The largest absolute Gasteiger partial charge is 0.374 e. The Kier molecular flexibility index (Phi) is 4.86. The first-order chi connectivity index (χ1) is 9.97. The van der Waals surface area contributed by atoms with Crippen molar-refractivity contribution in [3.8, 4) is 0 Å². The SMILES string of the molecule is Cc1cccc(N[C@@H](C)C(=O)Nc2cccc(Cl)c2)c1C. The summed E-state index contributed by atoms with van der Waals surface area (Å²) in [7, 11) is 0. The second-order valence-electron chi connectivity index (χ2n) is 5.11.